The summed E-state index contributed by atoms with van der Waals surface area (Å²) in [6.45, 7) is 3.44. The molecule has 4 nitrogen and oxygen atoms in total. The summed E-state index contributed by atoms with van der Waals surface area (Å²) in [4.78, 5) is 10.8. The van der Waals surface area contributed by atoms with Crippen molar-refractivity contribution in [1.29, 1.82) is 0 Å². The molecule has 0 aliphatic rings. The van der Waals surface area contributed by atoms with Crippen LogP contribution in [0.25, 0.3) is 0 Å². The van der Waals surface area contributed by atoms with Gasteiger partial charge in [-0.25, -0.2) is 4.79 Å². The maximum Gasteiger partial charge on any atom is 0.337 e. The second kappa shape index (κ2) is 4.72. The molecule has 0 saturated heterocycles. The zero-order valence-corrected chi connectivity index (χ0v) is 10.00. The average molecular weight is 245 g/mol. The van der Waals surface area contributed by atoms with Gasteiger partial charge in [0.1, 0.15) is 5.75 Å². The van der Waals surface area contributed by atoms with Crippen LogP contribution in [-0.2, 0) is 4.79 Å². The highest BCUT2D eigenvalue weighted by atomic mass is 35.5. The number of halogens is 1. The largest absolute Gasteiger partial charge is 0.496 e. The minimum Gasteiger partial charge on any atom is -0.496 e. The van der Waals surface area contributed by atoms with E-state index in [1.54, 1.807) is 19.9 Å². The van der Waals surface area contributed by atoms with E-state index in [2.05, 4.69) is 0 Å². The molecule has 0 heterocycles. The molecular formula is C11H13ClO4. The summed E-state index contributed by atoms with van der Waals surface area (Å²) in [5.74, 6) is -1.00. The highest BCUT2D eigenvalue weighted by Gasteiger charge is 2.24. The Morgan fingerprint density at radius 1 is 1.50 bits per heavy atom. The molecule has 0 amide bonds. The van der Waals surface area contributed by atoms with E-state index in [9.17, 15) is 9.90 Å². The minimum atomic E-state index is -1.63. The fraction of sp³-hybridized carbons (Fsp3) is 0.364. The topological polar surface area (TPSA) is 66.8 Å². The van der Waals surface area contributed by atoms with Gasteiger partial charge in [-0.3, -0.25) is 0 Å². The van der Waals surface area contributed by atoms with Crippen molar-refractivity contribution in [3.63, 3.8) is 0 Å². The number of aliphatic hydroxyl groups excluding tert-OH is 1. The van der Waals surface area contributed by atoms with E-state index in [0.717, 1.165) is 5.56 Å². The summed E-state index contributed by atoms with van der Waals surface area (Å²) < 4.78 is 5.05. The maximum absolute atomic E-state index is 10.8. The molecule has 1 unspecified atom stereocenters. The fourth-order valence-corrected chi connectivity index (χ4v) is 1.73. The Bertz CT molecular complexity index is 428. The molecule has 1 aromatic rings. The third kappa shape index (κ3) is 2.13. The minimum absolute atomic E-state index is 0.200. The lowest BCUT2D eigenvalue weighted by Gasteiger charge is -2.17. The van der Waals surface area contributed by atoms with Crippen LogP contribution in [0.5, 0.6) is 5.75 Å². The first-order chi connectivity index (χ1) is 7.40. The van der Waals surface area contributed by atoms with Crippen molar-refractivity contribution < 1.29 is 19.7 Å². The molecule has 0 spiro atoms. The third-order valence-electron chi connectivity index (χ3n) is 2.42. The lowest BCUT2D eigenvalue weighted by molar-refractivity contribution is -0.147. The number of ether oxygens (including phenoxy) is 1. The number of aliphatic carboxylic acids is 1. The van der Waals surface area contributed by atoms with Crippen molar-refractivity contribution in [3.8, 4) is 5.75 Å². The van der Waals surface area contributed by atoms with Gasteiger partial charge in [-0.1, -0.05) is 11.6 Å². The molecule has 2 N–H and O–H groups in total. The first-order valence-electron chi connectivity index (χ1n) is 4.64. The maximum atomic E-state index is 10.8. The van der Waals surface area contributed by atoms with Gasteiger partial charge in [0.25, 0.3) is 0 Å². The average Bonchev–Trinajstić information content (AvgIpc) is 2.24. The second-order valence-corrected chi connectivity index (χ2v) is 3.87. The summed E-state index contributed by atoms with van der Waals surface area (Å²) in [6.07, 6.45) is -1.63. The Morgan fingerprint density at radius 3 is 2.50 bits per heavy atom. The van der Waals surface area contributed by atoms with Crippen molar-refractivity contribution in [1.82, 2.24) is 0 Å². The van der Waals surface area contributed by atoms with Crippen molar-refractivity contribution in [2.45, 2.75) is 20.0 Å². The van der Waals surface area contributed by atoms with E-state index < -0.39 is 12.1 Å². The SMILES string of the molecule is COc1cc(C)c(Cl)c(C)c1C(O)C(=O)O. The van der Waals surface area contributed by atoms with Crippen LogP contribution in [0.3, 0.4) is 0 Å². The molecule has 16 heavy (non-hydrogen) atoms. The van der Waals surface area contributed by atoms with Crippen LogP contribution in [-0.4, -0.2) is 23.3 Å². The fourth-order valence-electron chi connectivity index (χ4n) is 1.57. The Labute approximate surface area is 98.4 Å². The predicted octanol–water partition coefficient (Wildman–Crippen LogP) is 2.08. The number of rotatable bonds is 3. The van der Waals surface area contributed by atoms with Crippen LogP contribution in [0.4, 0.5) is 0 Å². The van der Waals surface area contributed by atoms with E-state index in [1.165, 1.54) is 7.11 Å². The van der Waals surface area contributed by atoms with Crippen molar-refractivity contribution in [3.05, 3.63) is 27.8 Å². The smallest absolute Gasteiger partial charge is 0.337 e. The predicted molar refractivity (Wildman–Crippen MR) is 60.1 cm³/mol. The molecule has 0 saturated carbocycles. The van der Waals surface area contributed by atoms with Gasteiger partial charge in [-0.05, 0) is 31.0 Å². The molecule has 0 radical (unpaired) electrons. The van der Waals surface area contributed by atoms with E-state index in [0.29, 0.717) is 16.3 Å². The number of hydrogen-bond donors (Lipinski definition) is 2. The number of carbonyl (C=O) groups is 1. The highest BCUT2D eigenvalue weighted by Crippen LogP contribution is 2.35. The van der Waals surface area contributed by atoms with Crippen LogP contribution >= 0.6 is 11.6 Å². The van der Waals surface area contributed by atoms with Gasteiger partial charge >= 0.3 is 5.97 Å². The van der Waals surface area contributed by atoms with E-state index in [-0.39, 0.29) is 5.56 Å². The zero-order chi connectivity index (χ0) is 12.5. The van der Waals surface area contributed by atoms with E-state index >= 15 is 0 Å². The Morgan fingerprint density at radius 2 is 2.06 bits per heavy atom. The van der Waals surface area contributed by atoms with Crippen LogP contribution in [0, 0.1) is 13.8 Å². The molecule has 0 fully saturated rings. The van der Waals surface area contributed by atoms with Crippen molar-refractivity contribution >= 4 is 17.6 Å². The summed E-state index contributed by atoms with van der Waals surface area (Å²) in [7, 11) is 1.42. The quantitative estimate of drug-likeness (QED) is 0.854. The Hall–Kier alpha value is -1.26. The Kier molecular flexibility index (Phi) is 3.78. The summed E-state index contributed by atoms with van der Waals surface area (Å²) >= 11 is 6.00. The number of hydrogen-bond acceptors (Lipinski definition) is 3. The zero-order valence-electron chi connectivity index (χ0n) is 9.24. The molecule has 0 aliphatic carbocycles. The number of benzene rings is 1. The van der Waals surface area contributed by atoms with Gasteiger partial charge in [0, 0.05) is 10.6 Å². The molecule has 88 valence electrons. The summed E-state index contributed by atoms with van der Waals surface area (Å²) in [5.41, 5.74) is 1.50. The number of aryl methyl sites for hydroxylation is 1. The normalized spacial score (nSPS) is 12.3. The summed E-state index contributed by atoms with van der Waals surface area (Å²) in [6, 6.07) is 1.61. The van der Waals surface area contributed by atoms with Crippen LogP contribution in [0.1, 0.15) is 22.8 Å². The molecular weight excluding hydrogens is 232 g/mol. The lowest BCUT2D eigenvalue weighted by atomic mass is 9.99. The standard InChI is InChI=1S/C11H13ClO4/c1-5-4-7(16-3)8(6(2)9(5)12)10(13)11(14)15/h4,10,13H,1-3H3,(H,14,15). The van der Waals surface area contributed by atoms with Gasteiger partial charge in [0.15, 0.2) is 6.10 Å². The molecule has 5 heteroatoms. The van der Waals surface area contributed by atoms with E-state index in [1.807, 2.05) is 0 Å². The van der Waals surface area contributed by atoms with Gasteiger partial charge in [0.2, 0.25) is 0 Å². The van der Waals surface area contributed by atoms with Crippen LogP contribution in [0.15, 0.2) is 6.07 Å². The number of carboxylic acids is 1. The number of carboxylic acid groups (broad SMARTS) is 1. The second-order valence-electron chi connectivity index (χ2n) is 3.49. The molecule has 1 aromatic carbocycles. The van der Waals surface area contributed by atoms with Gasteiger partial charge < -0.3 is 14.9 Å². The lowest BCUT2D eigenvalue weighted by Crippen LogP contribution is -2.13. The number of aliphatic hydroxyl groups is 1. The van der Waals surface area contributed by atoms with Gasteiger partial charge in [0.05, 0.1) is 7.11 Å². The first-order valence-corrected chi connectivity index (χ1v) is 5.02. The first kappa shape index (κ1) is 12.8. The third-order valence-corrected chi connectivity index (χ3v) is 3.00. The molecule has 1 atom stereocenters. The monoisotopic (exact) mass is 244 g/mol. The molecule has 0 aliphatic heterocycles. The van der Waals surface area contributed by atoms with Gasteiger partial charge in [-0.2, -0.15) is 0 Å². The number of methoxy groups -OCH3 is 1. The molecule has 0 bridgehead atoms. The van der Waals surface area contributed by atoms with Gasteiger partial charge in [-0.15, -0.1) is 0 Å². The molecule has 0 aromatic heterocycles. The van der Waals surface area contributed by atoms with Crippen LogP contribution in [0.2, 0.25) is 5.02 Å². The molecule has 1 rings (SSSR count). The van der Waals surface area contributed by atoms with Crippen molar-refractivity contribution in [2.24, 2.45) is 0 Å². The van der Waals surface area contributed by atoms with Crippen LogP contribution < -0.4 is 4.74 Å². The van der Waals surface area contributed by atoms with E-state index in [4.69, 9.17) is 21.4 Å². The Balaban J connectivity index is 3.47. The summed E-state index contributed by atoms with van der Waals surface area (Å²) in [5, 5.41) is 18.8. The highest BCUT2D eigenvalue weighted by molar-refractivity contribution is 6.32. The van der Waals surface area contributed by atoms with Crippen molar-refractivity contribution in [2.75, 3.05) is 7.11 Å².